The SMILES string of the molecule is CC.Cc1nc2ncnc(C)c2[nH]1.[HH]. The van der Waals surface area contributed by atoms with E-state index in [1.54, 1.807) is 0 Å². The standard InChI is InChI=1S/C7H8N4.C2H6.H2/c1-4-6-7(9-3-8-4)11-5(2)10-6;1-2;/h3H,1-2H3,(H,8,9,10,11);1-2H3;1H. The first kappa shape index (κ1) is 9.64. The Morgan fingerprint density at radius 1 is 1.23 bits per heavy atom. The molecule has 0 atom stereocenters. The van der Waals surface area contributed by atoms with Gasteiger partial charge in [0.2, 0.25) is 0 Å². The first-order valence-corrected chi connectivity index (χ1v) is 4.41. The lowest BCUT2D eigenvalue weighted by molar-refractivity contribution is 1.14. The largest absolute Gasteiger partial charge is 0.339 e. The summed E-state index contributed by atoms with van der Waals surface area (Å²) in [6.45, 7) is 7.84. The van der Waals surface area contributed by atoms with Gasteiger partial charge in [-0.25, -0.2) is 15.0 Å². The molecule has 0 aromatic carbocycles. The molecule has 0 aliphatic carbocycles. The first-order chi connectivity index (χ1) is 6.27. The van der Waals surface area contributed by atoms with Gasteiger partial charge in [0.1, 0.15) is 17.7 Å². The van der Waals surface area contributed by atoms with E-state index >= 15 is 0 Å². The summed E-state index contributed by atoms with van der Waals surface area (Å²) < 4.78 is 0. The van der Waals surface area contributed by atoms with E-state index in [2.05, 4.69) is 19.9 Å². The van der Waals surface area contributed by atoms with Crippen LogP contribution in [0.3, 0.4) is 0 Å². The Balaban J connectivity index is 0.000000531. The summed E-state index contributed by atoms with van der Waals surface area (Å²) in [6.07, 6.45) is 1.53. The van der Waals surface area contributed by atoms with Crippen LogP contribution in [0.15, 0.2) is 6.33 Å². The number of nitrogens with zero attached hydrogens (tertiary/aromatic N) is 3. The molecule has 2 aromatic heterocycles. The third-order valence-corrected chi connectivity index (χ3v) is 1.60. The van der Waals surface area contributed by atoms with Gasteiger partial charge in [-0.3, -0.25) is 0 Å². The minimum absolute atomic E-state index is 0. The molecule has 0 bridgehead atoms. The van der Waals surface area contributed by atoms with Crippen LogP contribution in [0.1, 0.15) is 26.8 Å². The molecule has 0 fully saturated rings. The number of imidazole rings is 1. The summed E-state index contributed by atoms with van der Waals surface area (Å²) >= 11 is 0. The number of aryl methyl sites for hydroxylation is 2. The molecule has 0 aliphatic rings. The number of hydrogen-bond donors (Lipinski definition) is 1. The average molecular weight is 180 g/mol. The van der Waals surface area contributed by atoms with Crippen molar-refractivity contribution in [2.45, 2.75) is 27.7 Å². The maximum atomic E-state index is 4.17. The van der Waals surface area contributed by atoms with E-state index < -0.39 is 0 Å². The molecule has 13 heavy (non-hydrogen) atoms. The minimum atomic E-state index is 0. The Morgan fingerprint density at radius 2 is 1.92 bits per heavy atom. The van der Waals surface area contributed by atoms with Crippen molar-refractivity contribution in [3.8, 4) is 0 Å². The monoisotopic (exact) mass is 180 g/mol. The van der Waals surface area contributed by atoms with Crippen molar-refractivity contribution in [3.05, 3.63) is 17.8 Å². The fourth-order valence-electron chi connectivity index (χ4n) is 1.06. The zero-order chi connectivity index (χ0) is 9.84. The Bertz CT molecular complexity index is 397. The van der Waals surface area contributed by atoms with E-state index in [4.69, 9.17) is 0 Å². The van der Waals surface area contributed by atoms with Crippen molar-refractivity contribution in [1.29, 1.82) is 0 Å². The van der Waals surface area contributed by atoms with Gasteiger partial charge in [0, 0.05) is 1.43 Å². The summed E-state index contributed by atoms with van der Waals surface area (Å²) in [5.41, 5.74) is 2.62. The van der Waals surface area contributed by atoms with E-state index in [1.165, 1.54) is 6.33 Å². The molecule has 0 saturated heterocycles. The number of hydrogen-bond acceptors (Lipinski definition) is 3. The second-order valence-electron chi connectivity index (χ2n) is 2.48. The number of aromatic amines is 1. The second-order valence-corrected chi connectivity index (χ2v) is 2.48. The topological polar surface area (TPSA) is 54.5 Å². The molecule has 2 rings (SSSR count). The van der Waals surface area contributed by atoms with Gasteiger partial charge in [0.25, 0.3) is 0 Å². The molecule has 0 spiro atoms. The second kappa shape index (κ2) is 3.98. The smallest absolute Gasteiger partial charge is 0.181 e. The fourth-order valence-corrected chi connectivity index (χ4v) is 1.06. The normalized spacial score (nSPS) is 9.54. The van der Waals surface area contributed by atoms with Crippen molar-refractivity contribution in [1.82, 2.24) is 19.9 Å². The Morgan fingerprint density at radius 3 is 2.54 bits per heavy atom. The Hall–Kier alpha value is -1.45. The van der Waals surface area contributed by atoms with Crippen molar-refractivity contribution in [3.63, 3.8) is 0 Å². The summed E-state index contributed by atoms with van der Waals surface area (Å²) in [5.74, 6) is 0.878. The Kier molecular flexibility index (Phi) is 2.95. The molecule has 0 aliphatic heterocycles. The number of rotatable bonds is 0. The highest BCUT2D eigenvalue weighted by Gasteiger charge is 2.01. The van der Waals surface area contributed by atoms with Crippen molar-refractivity contribution >= 4 is 11.2 Å². The lowest BCUT2D eigenvalue weighted by Gasteiger charge is -1.89. The molecule has 2 heterocycles. The van der Waals surface area contributed by atoms with Crippen LogP contribution in [0, 0.1) is 13.8 Å². The number of aromatic nitrogens is 4. The van der Waals surface area contributed by atoms with Crippen LogP contribution < -0.4 is 0 Å². The molecular weight excluding hydrogens is 164 g/mol. The van der Waals surface area contributed by atoms with Crippen LogP contribution in [-0.4, -0.2) is 19.9 Å². The number of fused-ring (bicyclic) bond motifs is 1. The molecule has 72 valence electrons. The molecule has 0 unspecified atom stereocenters. The number of H-pyrrole nitrogens is 1. The zero-order valence-electron chi connectivity index (χ0n) is 8.42. The fraction of sp³-hybridized carbons (Fsp3) is 0.444. The summed E-state index contributed by atoms with van der Waals surface area (Å²) in [4.78, 5) is 15.3. The highest BCUT2D eigenvalue weighted by molar-refractivity contribution is 5.72. The maximum absolute atomic E-state index is 4.17. The quantitative estimate of drug-likeness (QED) is 0.676. The van der Waals surface area contributed by atoms with Crippen LogP contribution in [-0.2, 0) is 0 Å². The van der Waals surface area contributed by atoms with E-state index in [0.717, 1.165) is 22.7 Å². The molecule has 0 amide bonds. The van der Waals surface area contributed by atoms with E-state index in [0.29, 0.717) is 0 Å². The highest BCUT2D eigenvalue weighted by atomic mass is 15.0. The highest BCUT2D eigenvalue weighted by Crippen LogP contribution is 2.09. The van der Waals surface area contributed by atoms with Crippen LogP contribution in [0.25, 0.3) is 11.2 Å². The summed E-state index contributed by atoms with van der Waals surface area (Å²) in [6, 6.07) is 0. The van der Waals surface area contributed by atoms with Crippen molar-refractivity contribution in [2.24, 2.45) is 0 Å². The van der Waals surface area contributed by atoms with Crippen molar-refractivity contribution in [2.75, 3.05) is 0 Å². The van der Waals surface area contributed by atoms with Gasteiger partial charge < -0.3 is 4.98 Å². The molecule has 4 heteroatoms. The van der Waals surface area contributed by atoms with Crippen LogP contribution in [0.4, 0.5) is 0 Å². The molecule has 0 radical (unpaired) electrons. The molecular formula is C9H16N4. The lowest BCUT2D eigenvalue weighted by atomic mass is 10.4. The van der Waals surface area contributed by atoms with E-state index in [1.807, 2.05) is 27.7 Å². The van der Waals surface area contributed by atoms with Gasteiger partial charge in [-0.1, -0.05) is 13.8 Å². The van der Waals surface area contributed by atoms with Gasteiger partial charge in [-0.15, -0.1) is 0 Å². The molecule has 0 saturated carbocycles. The third-order valence-electron chi connectivity index (χ3n) is 1.60. The van der Waals surface area contributed by atoms with Gasteiger partial charge in [-0.05, 0) is 13.8 Å². The summed E-state index contributed by atoms with van der Waals surface area (Å²) in [7, 11) is 0. The first-order valence-electron chi connectivity index (χ1n) is 4.41. The van der Waals surface area contributed by atoms with Gasteiger partial charge in [-0.2, -0.15) is 0 Å². The van der Waals surface area contributed by atoms with Gasteiger partial charge in [0.15, 0.2) is 5.65 Å². The lowest BCUT2D eigenvalue weighted by Crippen LogP contribution is -1.84. The van der Waals surface area contributed by atoms with Crippen LogP contribution in [0.2, 0.25) is 0 Å². The van der Waals surface area contributed by atoms with Gasteiger partial charge in [0.05, 0.1) is 5.69 Å². The predicted molar refractivity (Wildman–Crippen MR) is 54.6 cm³/mol. The summed E-state index contributed by atoms with van der Waals surface area (Å²) in [5, 5.41) is 0. The Labute approximate surface area is 78.9 Å². The third kappa shape index (κ3) is 1.83. The van der Waals surface area contributed by atoms with Crippen molar-refractivity contribution < 1.29 is 1.43 Å². The van der Waals surface area contributed by atoms with Crippen LogP contribution in [0.5, 0.6) is 0 Å². The predicted octanol–water partition coefficient (Wildman–Crippen LogP) is 2.24. The minimum Gasteiger partial charge on any atom is -0.339 e. The van der Waals surface area contributed by atoms with Gasteiger partial charge >= 0.3 is 0 Å². The van der Waals surface area contributed by atoms with E-state index in [9.17, 15) is 0 Å². The number of nitrogens with one attached hydrogen (secondary N) is 1. The molecule has 4 nitrogen and oxygen atoms in total. The van der Waals surface area contributed by atoms with E-state index in [-0.39, 0.29) is 1.43 Å². The average Bonchev–Trinajstić information content (AvgIpc) is 2.51. The van der Waals surface area contributed by atoms with Crippen LogP contribution >= 0.6 is 0 Å². The maximum Gasteiger partial charge on any atom is 0.181 e. The molecule has 2 aromatic rings. The molecule has 1 N–H and O–H groups in total. The zero-order valence-corrected chi connectivity index (χ0v) is 8.42.